The third-order valence-electron chi connectivity index (χ3n) is 6.47. The molecule has 142 valence electrons. The number of halogens is 1. The molecular weight excluding hydrogens is 344 g/mol. The maximum Gasteiger partial charge on any atom is 0.314 e. The zero-order valence-corrected chi connectivity index (χ0v) is 16.4. The molecule has 2 fully saturated rings. The first-order valence-electron chi connectivity index (χ1n) is 10.2. The zero-order chi connectivity index (χ0) is 18.4. The number of ether oxygens (including phenoxy) is 1. The van der Waals surface area contributed by atoms with Gasteiger partial charge in [0.25, 0.3) is 0 Å². The number of rotatable bonds is 6. The lowest BCUT2D eigenvalue weighted by molar-refractivity contribution is -0.140. The predicted molar refractivity (Wildman–Crippen MR) is 107 cm³/mol. The van der Waals surface area contributed by atoms with Gasteiger partial charge in [0.2, 0.25) is 0 Å². The summed E-state index contributed by atoms with van der Waals surface area (Å²) in [6.07, 6.45) is 14.4. The number of hydrogen-bond donors (Lipinski definition) is 0. The van der Waals surface area contributed by atoms with Crippen LogP contribution < -0.4 is 4.74 Å². The summed E-state index contributed by atoms with van der Waals surface area (Å²) in [4.78, 5) is 12.4. The zero-order valence-electron chi connectivity index (χ0n) is 15.7. The van der Waals surface area contributed by atoms with Crippen LogP contribution in [0.15, 0.2) is 36.9 Å². The molecule has 0 amide bonds. The van der Waals surface area contributed by atoms with E-state index in [2.05, 4.69) is 12.7 Å². The quantitative estimate of drug-likeness (QED) is 0.310. The van der Waals surface area contributed by atoms with Crippen molar-refractivity contribution < 1.29 is 9.53 Å². The molecule has 1 aromatic carbocycles. The number of hydrogen-bond acceptors (Lipinski definition) is 2. The lowest BCUT2D eigenvalue weighted by atomic mass is 9.69. The van der Waals surface area contributed by atoms with Crippen molar-refractivity contribution in [2.24, 2.45) is 23.7 Å². The molecule has 0 spiro atoms. The molecule has 0 aromatic heterocycles. The number of carbonyl (C=O) groups is 1. The molecule has 0 radical (unpaired) electrons. The Kier molecular flexibility index (Phi) is 7.19. The molecule has 26 heavy (non-hydrogen) atoms. The Morgan fingerprint density at radius 2 is 1.58 bits per heavy atom. The van der Waals surface area contributed by atoms with Gasteiger partial charge in [-0.25, -0.2) is 0 Å². The fourth-order valence-electron chi connectivity index (χ4n) is 4.83. The van der Waals surface area contributed by atoms with Crippen LogP contribution in [0, 0.1) is 23.7 Å². The molecule has 0 atom stereocenters. The van der Waals surface area contributed by atoms with E-state index in [0.29, 0.717) is 10.8 Å². The smallest absolute Gasteiger partial charge is 0.314 e. The molecule has 2 saturated carbocycles. The summed E-state index contributed by atoms with van der Waals surface area (Å²) in [5, 5.41) is 0.657. The van der Waals surface area contributed by atoms with E-state index < -0.39 is 0 Å². The number of allylic oxidation sites excluding steroid dienone is 1. The predicted octanol–water partition coefficient (Wildman–Crippen LogP) is 6.82. The van der Waals surface area contributed by atoms with Crippen LogP contribution in [0.5, 0.6) is 5.75 Å². The lowest BCUT2D eigenvalue weighted by Gasteiger charge is -2.37. The second-order valence-corrected chi connectivity index (χ2v) is 8.57. The molecule has 0 bridgehead atoms. The van der Waals surface area contributed by atoms with Crippen molar-refractivity contribution in [2.75, 3.05) is 0 Å². The fourth-order valence-corrected chi connectivity index (χ4v) is 4.96. The minimum absolute atomic E-state index is 0.0610. The van der Waals surface area contributed by atoms with E-state index in [1.165, 1.54) is 44.9 Å². The number of carbonyl (C=O) groups excluding carboxylic acids is 1. The molecule has 0 saturated heterocycles. The highest BCUT2D eigenvalue weighted by atomic mass is 35.5. The maximum absolute atomic E-state index is 12.4. The summed E-state index contributed by atoms with van der Waals surface area (Å²) in [5.74, 6) is 3.19. The van der Waals surface area contributed by atoms with Crippen molar-refractivity contribution in [3.05, 3.63) is 41.9 Å². The van der Waals surface area contributed by atoms with Crippen LogP contribution in [0.1, 0.15) is 64.2 Å². The Hall–Kier alpha value is -1.28. The molecular formula is C23H31ClO2. The highest BCUT2D eigenvalue weighted by molar-refractivity contribution is 6.30. The third kappa shape index (κ3) is 5.36. The normalized spacial score (nSPS) is 29.1. The van der Waals surface area contributed by atoms with Gasteiger partial charge in [0.05, 0.1) is 5.92 Å². The van der Waals surface area contributed by atoms with Crippen LogP contribution in [-0.4, -0.2) is 5.97 Å². The van der Waals surface area contributed by atoms with Crippen LogP contribution in [0.4, 0.5) is 0 Å². The first kappa shape index (κ1) is 19.5. The summed E-state index contributed by atoms with van der Waals surface area (Å²) in [5.41, 5.74) is 0. The fraction of sp³-hybridized carbons (Fsp3) is 0.609. The van der Waals surface area contributed by atoms with Crippen LogP contribution in [-0.2, 0) is 4.79 Å². The maximum atomic E-state index is 12.4. The van der Waals surface area contributed by atoms with Crippen LogP contribution in [0.3, 0.4) is 0 Å². The van der Waals surface area contributed by atoms with Gasteiger partial charge in [0, 0.05) is 5.02 Å². The SMILES string of the molecule is C=CCCC1CCC(C2CCC(C(=O)Oc3ccc(Cl)cc3)CC2)CC1. The van der Waals surface area contributed by atoms with Gasteiger partial charge in [0.15, 0.2) is 0 Å². The van der Waals surface area contributed by atoms with Crippen molar-refractivity contribution >= 4 is 17.6 Å². The molecule has 2 aliphatic rings. The van der Waals surface area contributed by atoms with E-state index in [0.717, 1.165) is 37.0 Å². The van der Waals surface area contributed by atoms with Gasteiger partial charge < -0.3 is 4.74 Å². The van der Waals surface area contributed by atoms with E-state index in [9.17, 15) is 4.79 Å². The Balaban J connectivity index is 1.40. The Morgan fingerprint density at radius 1 is 1.00 bits per heavy atom. The van der Waals surface area contributed by atoms with Crippen LogP contribution >= 0.6 is 11.6 Å². The number of benzene rings is 1. The molecule has 2 nitrogen and oxygen atoms in total. The largest absolute Gasteiger partial charge is 0.426 e. The lowest BCUT2D eigenvalue weighted by Crippen LogP contribution is -2.30. The van der Waals surface area contributed by atoms with E-state index in [-0.39, 0.29) is 11.9 Å². The van der Waals surface area contributed by atoms with Gasteiger partial charge >= 0.3 is 5.97 Å². The van der Waals surface area contributed by atoms with Gasteiger partial charge in [0.1, 0.15) is 5.75 Å². The van der Waals surface area contributed by atoms with Gasteiger partial charge in [-0.1, -0.05) is 30.5 Å². The van der Waals surface area contributed by atoms with E-state index >= 15 is 0 Å². The second kappa shape index (κ2) is 9.60. The van der Waals surface area contributed by atoms with E-state index in [4.69, 9.17) is 16.3 Å². The molecule has 3 heteroatoms. The highest BCUT2D eigenvalue weighted by Crippen LogP contribution is 2.42. The average molecular weight is 375 g/mol. The second-order valence-electron chi connectivity index (χ2n) is 8.13. The summed E-state index contributed by atoms with van der Waals surface area (Å²) in [6, 6.07) is 7.03. The van der Waals surface area contributed by atoms with Gasteiger partial charge in [-0.15, -0.1) is 6.58 Å². The standard InChI is InChI=1S/C23H31ClO2/c1-2-3-4-17-5-7-18(8-6-17)19-9-11-20(12-10-19)23(25)26-22-15-13-21(24)14-16-22/h2,13-20H,1,3-12H2. The number of esters is 1. The van der Waals surface area contributed by atoms with Crippen molar-refractivity contribution in [3.8, 4) is 5.75 Å². The molecule has 2 aliphatic carbocycles. The molecule has 0 aliphatic heterocycles. The molecule has 0 heterocycles. The van der Waals surface area contributed by atoms with Crippen LogP contribution in [0.2, 0.25) is 5.02 Å². The van der Waals surface area contributed by atoms with Crippen molar-refractivity contribution in [1.82, 2.24) is 0 Å². The van der Waals surface area contributed by atoms with E-state index in [1.807, 2.05) is 0 Å². The molecule has 1 aromatic rings. The summed E-state index contributed by atoms with van der Waals surface area (Å²) in [7, 11) is 0. The van der Waals surface area contributed by atoms with Gasteiger partial charge in [-0.3, -0.25) is 4.79 Å². The molecule has 0 unspecified atom stereocenters. The van der Waals surface area contributed by atoms with Gasteiger partial charge in [-0.2, -0.15) is 0 Å². The van der Waals surface area contributed by atoms with Crippen LogP contribution in [0.25, 0.3) is 0 Å². The highest BCUT2D eigenvalue weighted by Gasteiger charge is 2.33. The van der Waals surface area contributed by atoms with Crippen molar-refractivity contribution in [2.45, 2.75) is 64.2 Å². The summed E-state index contributed by atoms with van der Waals surface area (Å²) in [6.45, 7) is 3.84. The Labute approximate surface area is 163 Å². The average Bonchev–Trinajstić information content (AvgIpc) is 2.68. The van der Waals surface area contributed by atoms with Crippen molar-refractivity contribution in [1.29, 1.82) is 0 Å². The van der Waals surface area contributed by atoms with Crippen molar-refractivity contribution in [3.63, 3.8) is 0 Å². The third-order valence-corrected chi connectivity index (χ3v) is 6.73. The van der Waals surface area contributed by atoms with Gasteiger partial charge in [-0.05, 0) is 93.4 Å². The topological polar surface area (TPSA) is 26.3 Å². The molecule has 3 rings (SSSR count). The Morgan fingerprint density at radius 3 is 2.15 bits per heavy atom. The summed E-state index contributed by atoms with van der Waals surface area (Å²) < 4.78 is 5.54. The minimum atomic E-state index is -0.0705. The minimum Gasteiger partial charge on any atom is -0.426 e. The van der Waals surface area contributed by atoms with E-state index in [1.54, 1.807) is 24.3 Å². The Bertz CT molecular complexity index is 579. The monoisotopic (exact) mass is 374 g/mol. The summed E-state index contributed by atoms with van der Waals surface area (Å²) >= 11 is 5.88. The first-order chi connectivity index (χ1) is 12.7. The first-order valence-corrected chi connectivity index (χ1v) is 10.6. The molecule has 0 N–H and O–H groups in total.